The maximum Gasteiger partial charge on any atom is 0.288 e. The first-order chi connectivity index (χ1) is 13.2. The third kappa shape index (κ3) is 3.30. The van der Waals surface area contributed by atoms with Crippen molar-refractivity contribution in [3.8, 4) is 16.9 Å². The summed E-state index contributed by atoms with van der Waals surface area (Å²) >= 11 is 0. The lowest BCUT2D eigenvalue weighted by atomic mass is 10.0. The Morgan fingerprint density at radius 2 is 1.63 bits per heavy atom. The molecule has 27 heavy (non-hydrogen) atoms. The van der Waals surface area contributed by atoms with Crippen molar-refractivity contribution >= 4 is 23.0 Å². The Morgan fingerprint density at radius 3 is 2.44 bits per heavy atom. The lowest BCUT2D eigenvalue weighted by Gasteiger charge is -2.04. The average molecular weight is 355 g/mol. The number of rotatable bonds is 4. The molecule has 1 aromatic heterocycles. The summed E-state index contributed by atoms with van der Waals surface area (Å²) in [6.07, 6.45) is 1.41. The van der Waals surface area contributed by atoms with E-state index in [0.717, 1.165) is 22.0 Å². The van der Waals surface area contributed by atoms with Crippen LogP contribution in [0.1, 0.15) is 16.1 Å². The molecule has 0 unspecified atom stereocenters. The maximum atomic E-state index is 12.8. The van der Waals surface area contributed by atoms with Crippen molar-refractivity contribution < 1.29 is 9.90 Å². The topological polar surface area (TPSA) is 77.5 Å². The van der Waals surface area contributed by atoms with E-state index in [-0.39, 0.29) is 11.7 Å². The van der Waals surface area contributed by atoms with Gasteiger partial charge in [0.2, 0.25) is 0 Å². The summed E-state index contributed by atoms with van der Waals surface area (Å²) in [6, 6.07) is 24.3. The van der Waals surface area contributed by atoms with Crippen LogP contribution in [0.25, 0.3) is 22.0 Å². The largest absolute Gasteiger partial charge is 0.507 e. The fourth-order valence-electron chi connectivity index (χ4n) is 3.03. The number of hydrazone groups is 1. The van der Waals surface area contributed by atoms with Crippen molar-refractivity contribution in [3.05, 3.63) is 90.1 Å². The van der Waals surface area contributed by atoms with E-state index in [4.69, 9.17) is 0 Å². The van der Waals surface area contributed by atoms with Crippen LogP contribution in [0, 0.1) is 0 Å². The predicted octanol–water partition coefficient (Wildman–Crippen LogP) is 4.30. The summed E-state index contributed by atoms with van der Waals surface area (Å²) in [7, 11) is 0. The Hall–Kier alpha value is -3.86. The van der Waals surface area contributed by atoms with Crippen molar-refractivity contribution in [2.24, 2.45) is 5.10 Å². The number of phenols is 1. The molecule has 0 atom stereocenters. The number of carbonyl (C=O) groups excluding carboxylic acids is 1. The van der Waals surface area contributed by atoms with Gasteiger partial charge in [0.15, 0.2) is 0 Å². The first-order valence-corrected chi connectivity index (χ1v) is 8.51. The quantitative estimate of drug-likeness (QED) is 0.377. The minimum absolute atomic E-state index is 0.103. The Bertz CT molecular complexity index is 1130. The van der Waals surface area contributed by atoms with Gasteiger partial charge >= 0.3 is 0 Å². The lowest BCUT2D eigenvalue weighted by molar-refractivity contribution is 0.0951. The molecule has 0 radical (unpaired) electrons. The Kier molecular flexibility index (Phi) is 4.41. The molecule has 5 heteroatoms. The van der Waals surface area contributed by atoms with Crippen molar-refractivity contribution in [1.82, 2.24) is 10.4 Å². The van der Waals surface area contributed by atoms with Gasteiger partial charge < -0.3 is 10.1 Å². The van der Waals surface area contributed by atoms with Crippen LogP contribution in [-0.2, 0) is 0 Å². The van der Waals surface area contributed by atoms with Crippen molar-refractivity contribution in [2.45, 2.75) is 0 Å². The zero-order chi connectivity index (χ0) is 18.6. The predicted molar refractivity (Wildman–Crippen MR) is 107 cm³/mol. The fourth-order valence-corrected chi connectivity index (χ4v) is 3.03. The van der Waals surface area contributed by atoms with Crippen LogP contribution in [0.3, 0.4) is 0 Å². The molecule has 132 valence electrons. The van der Waals surface area contributed by atoms with E-state index in [9.17, 15) is 9.90 Å². The highest BCUT2D eigenvalue weighted by molar-refractivity contribution is 6.09. The van der Waals surface area contributed by atoms with Gasteiger partial charge in [0.05, 0.1) is 6.21 Å². The summed E-state index contributed by atoms with van der Waals surface area (Å²) in [5.41, 5.74) is 6.17. The number of nitrogens with one attached hydrogen (secondary N) is 2. The number of aromatic nitrogens is 1. The number of hydrogen-bond acceptors (Lipinski definition) is 3. The van der Waals surface area contributed by atoms with Gasteiger partial charge in [0.25, 0.3) is 5.91 Å². The molecule has 0 saturated heterocycles. The number of hydrogen-bond donors (Lipinski definition) is 3. The second-order valence-electron chi connectivity index (χ2n) is 6.04. The summed E-state index contributed by atoms with van der Waals surface area (Å²) < 4.78 is 0. The highest BCUT2D eigenvalue weighted by atomic mass is 16.3. The highest BCUT2D eigenvalue weighted by Gasteiger charge is 2.18. The minimum Gasteiger partial charge on any atom is -0.507 e. The number of amides is 1. The molecular formula is C22H17N3O2. The van der Waals surface area contributed by atoms with Crippen molar-refractivity contribution in [2.75, 3.05) is 0 Å². The summed E-state index contributed by atoms with van der Waals surface area (Å²) in [4.78, 5) is 16.0. The first kappa shape index (κ1) is 16.6. The first-order valence-electron chi connectivity index (χ1n) is 8.51. The molecule has 0 aliphatic rings. The van der Waals surface area contributed by atoms with Crippen molar-refractivity contribution in [3.63, 3.8) is 0 Å². The fraction of sp³-hybridized carbons (Fsp3) is 0. The number of para-hydroxylation sites is 2. The molecule has 0 spiro atoms. The maximum absolute atomic E-state index is 12.8. The summed E-state index contributed by atoms with van der Waals surface area (Å²) in [5.74, 6) is -0.247. The normalized spacial score (nSPS) is 11.1. The smallest absolute Gasteiger partial charge is 0.288 e. The Labute approximate surface area is 156 Å². The molecule has 5 nitrogen and oxygen atoms in total. The molecule has 0 saturated carbocycles. The van der Waals surface area contributed by atoms with Gasteiger partial charge in [-0.25, -0.2) is 5.43 Å². The van der Waals surface area contributed by atoms with Crippen LogP contribution in [0.15, 0.2) is 84.0 Å². The van der Waals surface area contributed by atoms with Gasteiger partial charge in [0.1, 0.15) is 11.4 Å². The van der Waals surface area contributed by atoms with Crippen LogP contribution >= 0.6 is 0 Å². The zero-order valence-electron chi connectivity index (χ0n) is 14.4. The van der Waals surface area contributed by atoms with Gasteiger partial charge in [-0.05, 0) is 23.8 Å². The highest BCUT2D eigenvalue weighted by Crippen LogP contribution is 2.32. The van der Waals surface area contributed by atoms with Crippen molar-refractivity contribution in [1.29, 1.82) is 0 Å². The minimum atomic E-state index is -0.350. The second kappa shape index (κ2) is 7.17. The van der Waals surface area contributed by atoms with E-state index in [0.29, 0.717) is 11.3 Å². The number of H-pyrrole nitrogens is 1. The molecule has 0 aliphatic carbocycles. The molecule has 1 heterocycles. The molecule has 0 fully saturated rings. The standard InChI is InChI=1S/C22H17N3O2/c26-19-13-7-4-10-16(19)14-23-25-22(27)21-20(15-8-2-1-3-9-15)17-11-5-6-12-18(17)24-21/h1-14,24,26H,(H,25,27)/b23-14+. The van der Waals surface area contributed by atoms with Crippen LogP contribution in [0.4, 0.5) is 0 Å². The molecule has 4 aromatic rings. The average Bonchev–Trinajstić information content (AvgIpc) is 3.10. The number of nitrogens with zero attached hydrogens (tertiary/aromatic N) is 1. The van der Waals surface area contributed by atoms with E-state index < -0.39 is 0 Å². The van der Waals surface area contributed by atoms with Gasteiger partial charge in [-0.1, -0.05) is 60.7 Å². The van der Waals surface area contributed by atoms with Crippen LogP contribution in [0.5, 0.6) is 5.75 Å². The molecule has 3 aromatic carbocycles. The van der Waals surface area contributed by atoms with Crippen LogP contribution in [0.2, 0.25) is 0 Å². The third-order valence-electron chi connectivity index (χ3n) is 4.30. The van der Waals surface area contributed by atoms with E-state index in [1.807, 2.05) is 54.6 Å². The summed E-state index contributed by atoms with van der Waals surface area (Å²) in [5, 5.41) is 14.7. The molecular weight excluding hydrogens is 338 g/mol. The molecule has 0 aliphatic heterocycles. The molecule has 3 N–H and O–H groups in total. The third-order valence-corrected chi connectivity index (χ3v) is 4.30. The summed E-state index contributed by atoms with van der Waals surface area (Å²) in [6.45, 7) is 0. The molecule has 1 amide bonds. The van der Waals surface area contributed by atoms with Gasteiger partial charge in [0, 0.05) is 22.0 Å². The number of aromatic amines is 1. The SMILES string of the molecule is O=C(N/N=C/c1ccccc1O)c1[nH]c2ccccc2c1-c1ccccc1. The Balaban J connectivity index is 1.69. The number of carbonyl (C=O) groups is 1. The number of phenolic OH excluding ortho intramolecular Hbond substituents is 1. The van der Waals surface area contributed by atoms with Gasteiger partial charge in [-0.15, -0.1) is 0 Å². The van der Waals surface area contributed by atoms with E-state index in [2.05, 4.69) is 15.5 Å². The van der Waals surface area contributed by atoms with E-state index in [1.165, 1.54) is 6.21 Å². The Morgan fingerprint density at radius 1 is 0.926 bits per heavy atom. The lowest BCUT2D eigenvalue weighted by Crippen LogP contribution is -2.18. The van der Waals surface area contributed by atoms with E-state index in [1.54, 1.807) is 24.3 Å². The molecule has 4 rings (SSSR count). The van der Waals surface area contributed by atoms with Gasteiger partial charge in [-0.2, -0.15) is 5.10 Å². The second-order valence-corrected chi connectivity index (χ2v) is 6.04. The van der Waals surface area contributed by atoms with Crippen LogP contribution in [-0.4, -0.2) is 22.2 Å². The zero-order valence-corrected chi connectivity index (χ0v) is 14.4. The number of aromatic hydroxyl groups is 1. The van der Waals surface area contributed by atoms with Crippen LogP contribution < -0.4 is 5.43 Å². The van der Waals surface area contributed by atoms with Gasteiger partial charge in [-0.3, -0.25) is 4.79 Å². The number of benzene rings is 3. The monoisotopic (exact) mass is 355 g/mol. The number of fused-ring (bicyclic) bond motifs is 1. The van der Waals surface area contributed by atoms with E-state index >= 15 is 0 Å². The molecule has 0 bridgehead atoms.